The zero-order valence-electron chi connectivity index (χ0n) is 8.37. The highest BCUT2D eigenvalue weighted by atomic mass is 79.9. The van der Waals surface area contributed by atoms with Crippen LogP contribution < -0.4 is 0 Å². The molecular formula is C9H12BrClN2O2. The van der Waals surface area contributed by atoms with Gasteiger partial charge in [-0.3, -0.25) is 0 Å². The van der Waals surface area contributed by atoms with Crippen molar-refractivity contribution in [3.8, 4) is 0 Å². The van der Waals surface area contributed by atoms with Crippen molar-refractivity contribution in [3.63, 3.8) is 0 Å². The Bertz CT molecular complexity index is 312. The van der Waals surface area contributed by atoms with Gasteiger partial charge in [0.05, 0.1) is 24.3 Å². The second-order valence-electron chi connectivity index (χ2n) is 2.78. The van der Waals surface area contributed by atoms with E-state index in [1.165, 1.54) is 0 Å². The van der Waals surface area contributed by atoms with Crippen molar-refractivity contribution in [3.05, 3.63) is 21.6 Å². The summed E-state index contributed by atoms with van der Waals surface area (Å²) in [6.45, 7) is 1.75. The molecule has 1 aromatic heterocycles. The van der Waals surface area contributed by atoms with E-state index in [9.17, 15) is 0 Å². The zero-order valence-corrected chi connectivity index (χ0v) is 10.7. The number of aromatic nitrogens is 2. The lowest BCUT2D eigenvalue weighted by Gasteiger charge is -2.03. The second-order valence-corrected chi connectivity index (χ2v) is 3.99. The van der Waals surface area contributed by atoms with Crippen LogP contribution in [0.15, 0.2) is 10.7 Å². The van der Waals surface area contributed by atoms with E-state index in [2.05, 4.69) is 25.9 Å². The Kier molecular flexibility index (Phi) is 6.09. The van der Waals surface area contributed by atoms with Gasteiger partial charge in [0.2, 0.25) is 0 Å². The summed E-state index contributed by atoms with van der Waals surface area (Å²) in [5, 5.41) is 0.428. The molecule has 0 aromatic carbocycles. The van der Waals surface area contributed by atoms with Gasteiger partial charge in [0.15, 0.2) is 0 Å². The van der Waals surface area contributed by atoms with Gasteiger partial charge in [-0.25, -0.2) is 9.97 Å². The summed E-state index contributed by atoms with van der Waals surface area (Å²) in [4.78, 5) is 8.19. The number of halogens is 2. The van der Waals surface area contributed by atoms with Crippen LogP contribution in [0.1, 0.15) is 5.82 Å². The van der Waals surface area contributed by atoms with Gasteiger partial charge in [0.25, 0.3) is 0 Å². The first-order valence-electron chi connectivity index (χ1n) is 4.47. The lowest BCUT2D eigenvalue weighted by Crippen LogP contribution is -2.07. The van der Waals surface area contributed by atoms with E-state index in [0.29, 0.717) is 41.7 Å². The fourth-order valence-electron chi connectivity index (χ4n) is 0.908. The van der Waals surface area contributed by atoms with Crippen molar-refractivity contribution in [1.29, 1.82) is 0 Å². The van der Waals surface area contributed by atoms with E-state index < -0.39 is 0 Å². The van der Waals surface area contributed by atoms with Crippen LogP contribution in [0, 0.1) is 0 Å². The highest BCUT2D eigenvalue weighted by Crippen LogP contribution is 2.18. The van der Waals surface area contributed by atoms with Crippen LogP contribution in [0.2, 0.25) is 5.15 Å². The average molecular weight is 296 g/mol. The van der Waals surface area contributed by atoms with E-state index >= 15 is 0 Å². The first-order chi connectivity index (χ1) is 7.24. The number of rotatable bonds is 6. The minimum Gasteiger partial charge on any atom is -0.382 e. The summed E-state index contributed by atoms with van der Waals surface area (Å²) in [7, 11) is 1.64. The van der Waals surface area contributed by atoms with Crippen LogP contribution in [0.5, 0.6) is 0 Å². The SMILES string of the molecule is COCCOCCc1ncc(Br)c(Cl)n1. The van der Waals surface area contributed by atoms with Gasteiger partial charge in [0.1, 0.15) is 11.0 Å². The minimum atomic E-state index is 0.428. The normalized spacial score (nSPS) is 10.6. The van der Waals surface area contributed by atoms with Crippen molar-refractivity contribution in [2.75, 3.05) is 26.9 Å². The average Bonchev–Trinajstić information content (AvgIpc) is 2.23. The molecule has 1 aromatic rings. The number of hydrogen-bond acceptors (Lipinski definition) is 4. The van der Waals surface area contributed by atoms with Crippen LogP contribution in [0.4, 0.5) is 0 Å². The van der Waals surface area contributed by atoms with Crippen molar-refractivity contribution in [1.82, 2.24) is 9.97 Å². The summed E-state index contributed by atoms with van der Waals surface area (Å²) >= 11 is 9.04. The van der Waals surface area contributed by atoms with Gasteiger partial charge >= 0.3 is 0 Å². The molecule has 1 heterocycles. The molecule has 0 fully saturated rings. The van der Waals surface area contributed by atoms with E-state index in [0.717, 1.165) is 0 Å². The van der Waals surface area contributed by atoms with Crippen molar-refractivity contribution >= 4 is 27.5 Å². The molecule has 0 atom stereocenters. The summed E-state index contributed by atoms with van der Waals surface area (Å²) in [5.74, 6) is 0.681. The Morgan fingerprint density at radius 3 is 2.87 bits per heavy atom. The Balaban J connectivity index is 2.28. The Morgan fingerprint density at radius 1 is 1.40 bits per heavy atom. The largest absolute Gasteiger partial charge is 0.382 e. The molecule has 0 amide bonds. The van der Waals surface area contributed by atoms with Crippen LogP contribution in [-0.2, 0) is 15.9 Å². The first-order valence-corrected chi connectivity index (χ1v) is 5.64. The monoisotopic (exact) mass is 294 g/mol. The van der Waals surface area contributed by atoms with E-state index in [-0.39, 0.29) is 0 Å². The molecule has 0 aliphatic heterocycles. The van der Waals surface area contributed by atoms with E-state index in [1.54, 1.807) is 13.3 Å². The molecule has 0 spiro atoms. The third-order valence-corrected chi connectivity index (χ3v) is 2.75. The van der Waals surface area contributed by atoms with Gasteiger partial charge in [-0.1, -0.05) is 11.6 Å². The molecule has 1 rings (SSSR count). The van der Waals surface area contributed by atoms with Gasteiger partial charge in [-0.05, 0) is 15.9 Å². The van der Waals surface area contributed by atoms with E-state index in [4.69, 9.17) is 21.1 Å². The summed E-state index contributed by atoms with van der Waals surface area (Å²) in [6, 6.07) is 0. The Labute approximate surface area is 102 Å². The highest BCUT2D eigenvalue weighted by Gasteiger charge is 2.02. The molecule has 0 N–H and O–H groups in total. The smallest absolute Gasteiger partial charge is 0.146 e. The molecule has 0 saturated heterocycles. The third kappa shape index (κ3) is 4.88. The summed E-state index contributed by atoms with van der Waals surface area (Å²) in [6.07, 6.45) is 2.29. The standard InChI is InChI=1S/C9H12BrClN2O2/c1-14-4-5-15-3-2-8-12-6-7(10)9(11)13-8/h6H,2-5H2,1H3. The van der Waals surface area contributed by atoms with E-state index in [1.807, 2.05) is 0 Å². The molecule has 0 saturated carbocycles. The zero-order chi connectivity index (χ0) is 11.1. The van der Waals surface area contributed by atoms with Crippen molar-refractivity contribution in [2.45, 2.75) is 6.42 Å². The molecule has 0 radical (unpaired) electrons. The van der Waals surface area contributed by atoms with Gasteiger partial charge in [0, 0.05) is 19.7 Å². The molecule has 0 unspecified atom stereocenters. The topological polar surface area (TPSA) is 44.2 Å². The van der Waals surface area contributed by atoms with Crippen LogP contribution >= 0.6 is 27.5 Å². The quantitative estimate of drug-likeness (QED) is 0.595. The minimum absolute atomic E-state index is 0.428. The molecule has 15 heavy (non-hydrogen) atoms. The fourth-order valence-corrected chi connectivity index (χ4v) is 1.25. The van der Waals surface area contributed by atoms with Gasteiger partial charge in [-0.2, -0.15) is 0 Å². The number of hydrogen-bond donors (Lipinski definition) is 0. The number of nitrogens with zero attached hydrogens (tertiary/aromatic N) is 2. The lowest BCUT2D eigenvalue weighted by molar-refractivity contribution is 0.0716. The van der Waals surface area contributed by atoms with Crippen molar-refractivity contribution < 1.29 is 9.47 Å². The maximum atomic E-state index is 5.82. The number of methoxy groups -OCH3 is 1. The van der Waals surface area contributed by atoms with Crippen LogP contribution in [-0.4, -0.2) is 36.9 Å². The predicted octanol–water partition coefficient (Wildman–Crippen LogP) is 2.10. The Morgan fingerprint density at radius 2 is 2.20 bits per heavy atom. The second kappa shape index (κ2) is 7.11. The number of ether oxygens (including phenoxy) is 2. The molecule has 4 nitrogen and oxygen atoms in total. The molecule has 84 valence electrons. The first kappa shape index (κ1) is 12.8. The van der Waals surface area contributed by atoms with Gasteiger partial charge in [-0.15, -0.1) is 0 Å². The fraction of sp³-hybridized carbons (Fsp3) is 0.556. The molecule has 0 aliphatic carbocycles. The van der Waals surface area contributed by atoms with Crippen molar-refractivity contribution in [2.24, 2.45) is 0 Å². The predicted molar refractivity (Wildman–Crippen MR) is 61.1 cm³/mol. The lowest BCUT2D eigenvalue weighted by atomic mass is 10.4. The maximum absolute atomic E-state index is 5.82. The molecule has 0 aliphatic rings. The highest BCUT2D eigenvalue weighted by molar-refractivity contribution is 9.10. The maximum Gasteiger partial charge on any atom is 0.146 e. The summed E-state index contributed by atoms with van der Waals surface area (Å²) in [5.41, 5.74) is 0. The molecule has 0 bridgehead atoms. The third-order valence-electron chi connectivity index (χ3n) is 1.65. The molecule has 6 heteroatoms. The Hall–Kier alpha value is -0.230. The van der Waals surface area contributed by atoms with Gasteiger partial charge < -0.3 is 9.47 Å². The van der Waals surface area contributed by atoms with Crippen LogP contribution in [0.25, 0.3) is 0 Å². The molecular weight excluding hydrogens is 283 g/mol. The summed E-state index contributed by atoms with van der Waals surface area (Å²) < 4.78 is 10.8. The van der Waals surface area contributed by atoms with Crippen LogP contribution in [0.3, 0.4) is 0 Å².